The van der Waals surface area contributed by atoms with E-state index < -0.39 is 0 Å². The van der Waals surface area contributed by atoms with E-state index in [1.54, 1.807) is 0 Å². The van der Waals surface area contributed by atoms with Crippen LogP contribution in [0.5, 0.6) is 0 Å². The fraction of sp³-hybridized carbons (Fsp3) is 0.308. The highest BCUT2D eigenvalue weighted by molar-refractivity contribution is 9.10. The number of rotatable bonds is 2. The van der Waals surface area contributed by atoms with Crippen LogP contribution in [0.25, 0.3) is 10.9 Å². The van der Waals surface area contributed by atoms with Gasteiger partial charge in [-0.25, -0.2) is 4.79 Å². The highest BCUT2D eigenvalue weighted by Crippen LogP contribution is 2.39. The number of benzene rings is 1. The smallest absolute Gasteiger partial charge is 0.338 e. The molecule has 0 amide bonds. The molecular formula is C13H12BrNO2. The molecule has 4 heteroatoms. The highest BCUT2D eigenvalue weighted by Gasteiger charge is 2.25. The van der Waals surface area contributed by atoms with E-state index in [0.29, 0.717) is 11.6 Å². The summed E-state index contributed by atoms with van der Waals surface area (Å²) in [7, 11) is 1.41. The van der Waals surface area contributed by atoms with Crippen LogP contribution in [0, 0.1) is 0 Å². The van der Waals surface area contributed by atoms with Crippen LogP contribution in [-0.4, -0.2) is 17.6 Å². The number of hydrogen-bond donors (Lipinski definition) is 0. The normalized spacial score (nSPS) is 15.2. The Balaban J connectivity index is 2.25. The van der Waals surface area contributed by atoms with Crippen molar-refractivity contribution in [1.29, 1.82) is 0 Å². The first-order valence-corrected chi connectivity index (χ1v) is 6.38. The van der Waals surface area contributed by atoms with Gasteiger partial charge in [-0.3, -0.25) is 0 Å². The summed E-state index contributed by atoms with van der Waals surface area (Å²) in [4.78, 5) is 11.7. The summed E-state index contributed by atoms with van der Waals surface area (Å²) in [6.45, 7) is 0. The van der Waals surface area contributed by atoms with E-state index in [-0.39, 0.29) is 5.97 Å². The molecule has 0 bridgehead atoms. The van der Waals surface area contributed by atoms with Crippen LogP contribution in [0.2, 0.25) is 0 Å². The van der Waals surface area contributed by atoms with E-state index in [1.807, 2.05) is 12.1 Å². The Morgan fingerprint density at radius 1 is 1.47 bits per heavy atom. The minimum atomic E-state index is -0.287. The fourth-order valence-corrected chi connectivity index (χ4v) is 2.62. The Kier molecular flexibility index (Phi) is 2.47. The van der Waals surface area contributed by atoms with Crippen LogP contribution >= 0.6 is 15.9 Å². The number of nitrogens with zero attached hydrogens (tertiary/aromatic N) is 1. The molecule has 2 aromatic rings. The van der Waals surface area contributed by atoms with Gasteiger partial charge in [-0.2, -0.15) is 0 Å². The topological polar surface area (TPSA) is 31.2 Å². The second-order valence-electron chi connectivity index (χ2n) is 4.33. The minimum Gasteiger partial charge on any atom is -0.465 e. The number of halogens is 1. The van der Waals surface area contributed by atoms with Crippen LogP contribution in [0.3, 0.4) is 0 Å². The third-order valence-corrected chi connectivity index (χ3v) is 3.61. The van der Waals surface area contributed by atoms with E-state index in [2.05, 4.69) is 32.8 Å². The van der Waals surface area contributed by atoms with Crippen molar-refractivity contribution in [2.45, 2.75) is 18.9 Å². The van der Waals surface area contributed by atoms with Crippen molar-refractivity contribution in [2.24, 2.45) is 0 Å². The van der Waals surface area contributed by atoms with E-state index in [4.69, 9.17) is 4.74 Å². The maximum atomic E-state index is 11.7. The third kappa shape index (κ3) is 1.76. The van der Waals surface area contributed by atoms with Gasteiger partial charge < -0.3 is 9.30 Å². The number of carbonyl (C=O) groups is 1. The molecule has 0 unspecified atom stereocenters. The zero-order chi connectivity index (χ0) is 12.0. The van der Waals surface area contributed by atoms with Gasteiger partial charge in [0.05, 0.1) is 18.2 Å². The Labute approximate surface area is 107 Å². The number of fused-ring (bicyclic) bond motifs is 1. The Morgan fingerprint density at radius 2 is 2.24 bits per heavy atom. The molecule has 0 atom stereocenters. The number of hydrogen-bond acceptors (Lipinski definition) is 2. The van der Waals surface area contributed by atoms with Gasteiger partial charge in [0.2, 0.25) is 0 Å². The van der Waals surface area contributed by atoms with Gasteiger partial charge in [0.25, 0.3) is 0 Å². The lowest BCUT2D eigenvalue weighted by Gasteiger charge is -2.06. The molecule has 1 heterocycles. The molecule has 88 valence electrons. The van der Waals surface area contributed by atoms with Crippen molar-refractivity contribution in [1.82, 2.24) is 4.57 Å². The molecule has 0 aliphatic heterocycles. The molecule has 1 aliphatic carbocycles. The molecule has 1 aromatic heterocycles. The summed E-state index contributed by atoms with van der Waals surface area (Å²) in [5.74, 6) is -0.287. The number of ether oxygens (including phenoxy) is 1. The van der Waals surface area contributed by atoms with E-state index >= 15 is 0 Å². The molecule has 3 rings (SSSR count). The lowest BCUT2D eigenvalue weighted by molar-refractivity contribution is 0.0603. The summed E-state index contributed by atoms with van der Waals surface area (Å²) in [6.07, 6.45) is 4.51. The summed E-state index contributed by atoms with van der Waals surface area (Å²) in [6, 6.07) is 6.46. The number of esters is 1. The van der Waals surface area contributed by atoms with Crippen LogP contribution in [0.1, 0.15) is 29.2 Å². The molecule has 0 spiro atoms. The van der Waals surface area contributed by atoms with Gasteiger partial charge in [0.1, 0.15) is 0 Å². The predicted molar refractivity (Wildman–Crippen MR) is 69.2 cm³/mol. The van der Waals surface area contributed by atoms with E-state index in [0.717, 1.165) is 15.4 Å². The first-order valence-electron chi connectivity index (χ1n) is 5.59. The van der Waals surface area contributed by atoms with Crippen molar-refractivity contribution in [3.63, 3.8) is 0 Å². The first kappa shape index (κ1) is 10.8. The van der Waals surface area contributed by atoms with Gasteiger partial charge in [-0.05, 0) is 31.0 Å². The predicted octanol–water partition coefficient (Wildman–Crippen LogP) is 3.53. The van der Waals surface area contributed by atoms with Crippen molar-refractivity contribution in [3.8, 4) is 0 Å². The van der Waals surface area contributed by atoms with Gasteiger partial charge in [0.15, 0.2) is 0 Å². The average molecular weight is 294 g/mol. The van der Waals surface area contributed by atoms with Crippen molar-refractivity contribution >= 4 is 32.8 Å². The van der Waals surface area contributed by atoms with Crippen LogP contribution in [-0.2, 0) is 4.74 Å². The largest absolute Gasteiger partial charge is 0.465 e. The molecule has 0 radical (unpaired) electrons. The highest BCUT2D eigenvalue weighted by atomic mass is 79.9. The summed E-state index contributed by atoms with van der Waals surface area (Å²) < 4.78 is 7.97. The standard InChI is InChI=1S/C13H12BrNO2/c1-17-13(16)11-6-8(14)7-12-10(11)4-5-15(12)9-2-3-9/h4-7,9H,2-3H2,1H3. The third-order valence-electron chi connectivity index (χ3n) is 3.15. The number of carbonyl (C=O) groups excluding carboxylic acids is 1. The Morgan fingerprint density at radius 3 is 2.88 bits per heavy atom. The Hall–Kier alpha value is -1.29. The van der Waals surface area contributed by atoms with Crippen molar-refractivity contribution < 1.29 is 9.53 Å². The van der Waals surface area contributed by atoms with Gasteiger partial charge in [-0.1, -0.05) is 15.9 Å². The van der Waals surface area contributed by atoms with Crippen molar-refractivity contribution in [2.75, 3.05) is 7.11 Å². The first-order chi connectivity index (χ1) is 8.20. The second kappa shape index (κ2) is 3.88. The Bertz CT molecular complexity index is 599. The monoisotopic (exact) mass is 293 g/mol. The molecule has 0 N–H and O–H groups in total. The molecular weight excluding hydrogens is 282 g/mol. The summed E-state index contributed by atoms with van der Waals surface area (Å²) in [5.41, 5.74) is 1.72. The molecule has 0 saturated heterocycles. The fourth-order valence-electron chi connectivity index (χ4n) is 2.18. The number of methoxy groups -OCH3 is 1. The maximum absolute atomic E-state index is 11.7. The average Bonchev–Trinajstić information content (AvgIpc) is 3.08. The number of aromatic nitrogens is 1. The summed E-state index contributed by atoms with van der Waals surface area (Å²) >= 11 is 3.45. The molecule has 1 aliphatic rings. The molecule has 1 aromatic carbocycles. The van der Waals surface area contributed by atoms with Crippen LogP contribution < -0.4 is 0 Å². The SMILES string of the molecule is COC(=O)c1cc(Br)cc2c1ccn2C1CC1. The minimum absolute atomic E-state index is 0.287. The van der Waals surface area contributed by atoms with Gasteiger partial charge in [-0.15, -0.1) is 0 Å². The molecule has 17 heavy (non-hydrogen) atoms. The maximum Gasteiger partial charge on any atom is 0.338 e. The zero-order valence-electron chi connectivity index (χ0n) is 9.44. The molecule has 1 saturated carbocycles. The van der Waals surface area contributed by atoms with Crippen LogP contribution in [0.15, 0.2) is 28.9 Å². The van der Waals surface area contributed by atoms with E-state index in [1.165, 1.54) is 20.0 Å². The quantitative estimate of drug-likeness (QED) is 0.793. The van der Waals surface area contributed by atoms with Gasteiger partial charge in [0, 0.05) is 22.1 Å². The summed E-state index contributed by atoms with van der Waals surface area (Å²) in [5, 5.41) is 0.965. The zero-order valence-corrected chi connectivity index (χ0v) is 11.0. The lowest BCUT2D eigenvalue weighted by Crippen LogP contribution is -2.02. The van der Waals surface area contributed by atoms with Crippen molar-refractivity contribution in [3.05, 3.63) is 34.4 Å². The molecule has 3 nitrogen and oxygen atoms in total. The van der Waals surface area contributed by atoms with E-state index in [9.17, 15) is 4.79 Å². The second-order valence-corrected chi connectivity index (χ2v) is 5.25. The van der Waals surface area contributed by atoms with Gasteiger partial charge >= 0.3 is 5.97 Å². The van der Waals surface area contributed by atoms with Crippen LogP contribution in [0.4, 0.5) is 0 Å². The lowest BCUT2D eigenvalue weighted by atomic mass is 10.1. The molecule has 1 fully saturated rings.